The lowest BCUT2D eigenvalue weighted by molar-refractivity contribution is -0.141. The van der Waals surface area contributed by atoms with Crippen molar-refractivity contribution < 1.29 is 23.9 Å². The molecule has 2 amide bonds. The summed E-state index contributed by atoms with van der Waals surface area (Å²) in [6, 6.07) is 3.24. The smallest absolute Gasteiger partial charge is 0.407 e. The molecule has 0 bridgehead atoms. The van der Waals surface area contributed by atoms with Crippen molar-refractivity contribution in [1.29, 1.82) is 0 Å². The first-order valence-corrected chi connectivity index (χ1v) is 12.2. The molecule has 1 unspecified atom stereocenters. The SMILES string of the molecule is COC(C)(C)C(=O)NC(CCCCNC(=O)OC(C)(C)C)C(=O)CSc1cc(C)nc(C)c1. The van der Waals surface area contributed by atoms with E-state index in [1.165, 1.54) is 18.9 Å². The van der Waals surface area contributed by atoms with E-state index in [1.807, 2.05) is 26.0 Å². The van der Waals surface area contributed by atoms with Crippen molar-refractivity contribution in [3.63, 3.8) is 0 Å². The zero-order valence-electron chi connectivity index (χ0n) is 21.2. The number of methoxy groups -OCH3 is 1. The molecule has 1 rings (SSSR count). The Hall–Kier alpha value is -2.13. The molecule has 0 aliphatic heterocycles. The highest BCUT2D eigenvalue weighted by molar-refractivity contribution is 8.00. The van der Waals surface area contributed by atoms with E-state index in [0.717, 1.165) is 16.3 Å². The number of ketones is 1. The molecule has 2 N–H and O–H groups in total. The van der Waals surface area contributed by atoms with Gasteiger partial charge in [-0.15, -0.1) is 11.8 Å². The summed E-state index contributed by atoms with van der Waals surface area (Å²) in [5.41, 5.74) is 0.204. The van der Waals surface area contributed by atoms with Gasteiger partial charge in [0.15, 0.2) is 5.78 Å². The first kappa shape index (κ1) is 28.9. The Labute approximate surface area is 202 Å². The summed E-state index contributed by atoms with van der Waals surface area (Å²) >= 11 is 1.43. The second-order valence-corrected chi connectivity index (χ2v) is 10.6. The van der Waals surface area contributed by atoms with E-state index >= 15 is 0 Å². The van der Waals surface area contributed by atoms with Gasteiger partial charge in [-0.25, -0.2) is 4.79 Å². The minimum absolute atomic E-state index is 0.0625. The van der Waals surface area contributed by atoms with Crippen molar-refractivity contribution in [2.75, 3.05) is 19.4 Å². The topological polar surface area (TPSA) is 107 Å². The highest BCUT2D eigenvalue weighted by Crippen LogP contribution is 2.21. The number of hydrogen-bond donors (Lipinski definition) is 2. The maximum absolute atomic E-state index is 13.0. The van der Waals surface area contributed by atoms with E-state index in [4.69, 9.17) is 9.47 Å². The number of ether oxygens (including phenoxy) is 2. The number of aromatic nitrogens is 1. The summed E-state index contributed by atoms with van der Waals surface area (Å²) in [5, 5.41) is 5.56. The van der Waals surface area contributed by atoms with Gasteiger partial charge in [-0.1, -0.05) is 0 Å². The van der Waals surface area contributed by atoms with Crippen LogP contribution in [0.5, 0.6) is 0 Å². The lowest BCUT2D eigenvalue weighted by atomic mass is 10.0. The van der Waals surface area contributed by atoms with Gasteiger partial charge in [-0.2, -0.15) is 0 Å². The lowest BCUT2D eigenvalue weighted by Crippen LogP contribution is -2.50. The Morgan fingerprint density at radius 1 is 1.06 bits per heavy atom. The third kappa shape index (κ3) is 11.5. The molecule has 0 saturated heterocycles. The Balaban J connectivity index is 2.67. The summed E-state index contributed by atoms with van der Waals surface area (Å²) in [7, 11) is 1.46. The molecule has 0 aliphatic carbocycles. The quantitative estimate of drug-likeness (QED) is 0.344. The normalized spacial score (nSPS) is 12.7. The fraction of sp³-hybridized carbons (Fsp3) is 0.667. The van der Waals surface area contributed by atoms with Crippen LogP contribution >= 0.6 is 11.8 Å². The van der Waals surface area contributed by atoms with Gasteiger partial charge in [-0.05, 0) is 79.9 Å². The number of rotatable bonds is 12. The van der Waals surface area contributed by atoms with E-state index in [-0.39, 0.29) is 17.4 Å². The van der Waals surface area contributed by atoms with Crippen LogP contribution < -0.4 is 10.6 Å². The standard InChI is InChI=1S/C24H39N3O5S/c1-16-13-18(14-17(2)26-16)33-15-20(28)19(27-21(29)24(6,7)31-8)11-9-10-12-25-22(30)32-23(3,4)5/h13-14,19H,9-12,15H2,1-8H3,(H,25,30)(H,27,29). The summed E-state index contributed by atoms with van der Waals surface area (Å²) in [6.45, 7) is 13.0. The number of amides is 2. The Morgan fingerprint density at radius 3 is 2.21 bits per heavy atom. The molecule has 9 heteroatoms. The maximum atomic E-state index is 13.0. The lowest BCUT2D eigenvalue weighted by Gasteiger charge is -2.26. The van der Waals surface area contributed by atoms with Crippen molar-refractivity contribution >= 4 is 29.5 Å². The number of carbonyl (C=O) groups is 3. The largest absolute Gasteiger partial charge is 0.444 e. The molecular weight excluding hydrogens is 442 g/mol. The second-order valence-electron chi connectivity index (χ2n) is 9.51. The van der Waals surface area contributed by atoms with Crippen LogP contribution in [-0.4, -0.2) is 59.4 Å². The van der Waals surface area contributed by atoms with Gasteiger partial charge >= 0.3 is 6.09 Å². The Kier molecular flexibility index (Phi) is 11.3. The van der Waals surface area contributed by atoms with Crippen molar-refractivity contribution in [1.82, 2.24) is 15.6 Å². The van der Waals surface area contributed by atoms with Crippen molar-refractivity contribution in [3.05, 3.63) is 23.5 Å². The first-order chi connectivity index (χ1) is 15.2. The van der Waals surface area contributed by atoms with Gasteiger partial charge in [0.25, 0.3) is 5.91 Å². The van der Waals surface area contributed by atoms with Gasteiger partial charge in [0, 0.05) is 29.9 Å². The Morgan fingerprint density at radius 2 is 1.67 bits per heavy atom. The minimum Gasteiger partial charge on any atom is -0.444 e. The van der Waals surface area contributed by atoms with Crippen LogP contribution in [0.1, 0.15) is 65.3 Å². The number of alkyl carbamates (subject to hydrolysis) is 1. The zero-order valence-corrected chi connectivity index (χ0v) is 22.0. The molecule has 1 aromatic rings. The van der Waals surface area contributed by atoms with Crippen LogP contribution in [0.3, 0.4) is 0 Å². The first-order valence-electron chi connectivity index (χ1n) is 11.2. The van der Waals surface area contributed by atoms with Crippen molar-refractivity contribution in [3.8, 4) is 0 Å². The fourth-order valence-electron chi connectivity index (χ4n) is 2.85. The van der Waals surface area contributed by atoms with E-state index in [1.54, 1.807) is 34.6 Å². The molecule has 0 radical (unpaired) electrons. The van der Waals surface area contributed by atoms with Crippen LogP contribution in [0, 0.1) is 13.8 Å². The maximum Gasteiger partial charge on any atom is 0.407 e. The van der Waals surface area contributed by atoms with E-state index in [2.05, 4.69) is 15.6 Å². The summed E-state index contributed by atoms with van der Waals surface area (Å²) in [5.74, 6) is -0.166. The van der Waals surface area contributed by atoms with Crippen LogP contribution in [0.15, 0.2) is 17.0 Å². The number of hydrogen-bond acceptors (Lipinski definition) is 7. The molecule has 1 aromatic heterocycles. The molecule has 0 fully saturated rings. The van der Waals surface area contributed by atoms with Crippen LogP contribution in [-0.2, 0) is 19.1 Å². The molecular formula is C24H39N3O5S. The number of nitrogens with zero attached hydrogens (tertiary/aromatic N) is 1. The molecule has 0 aromatic carbocycles. The van der Waals surface area contributed by atoms with E-state index in [9.17, 15) is 14.4 Å². The average Bonchev–Trinajstić information content (AvgIpc) is 2.68. The summed E-state index contributed by atoms with van der Waals surface area (Å²) in [6.07, 6.45) is 1.31. The molecule has 0 saturated carbocycles. The predicted molar refractivity (Wildman–Crippen MR) is 131 cm³/mol. The molecule has 0 aliphatic rings. The third-order valence-electron chi connectivity index (χ3n) is 4.78. The summed E-state index contributed by atoms with van der Waals surface area (Å²) < 4.78 is 10.5. The van der Waals surface area contributed by atoms with Gasteiger partial charge in [0.05, 0.1) is 11.8 Å². The van der Waals surface area contributed by atoms with Gasteiger partial charge < -0.3 is 20.1 Å². The third-order valence-corrected chi connectivity index (χ3v) is 5.77. The van der Waals surface area contributed by atoms with Crippen LogP contribution in [0.4, 0.5) is 4.79 Å². The number of Topliss-reactive ketones (excluding diaryl/α,β-unsaturated/α-hetero) is 1. The van der Waals surface area contributed by atoms with E-state index < -0.39 is 23.3 Å². The molecule has 0 spiro atoms. The average molecular weight is 482 g/mol. The van der Waals surface area contributed by atoms with Gasteiger partial charge in [0.1, 0.15) is 11.2 Å². The predicted octanol–water partition coefficient (Wildman–Crippen LogP) is 3.96. The highest BCUT2D eigenvalue weighted by Gasteiger charge is 2.31. The zero-order chi connectivity index (χ0) is 25.2. The highest BCUT2D eigenvalue weighted by atomic mass is 32.2. The minimum atomic E-state index is -1.04. The Bertz CT molecular complexity index is 801. The molecule has 1 heterocycles. The number of aryl methyl sites for hydroxylation is 2. The number of nitrogens with one attached hydrogen (secondary N) is 2. The van der Waals surface area contributed by atoms with E-state index in [0.29, 0.717) is 25.8 Å². The number of unbranched alkanes of at least 4 members (excludes halogenated alkanes) is 1. The molecule has 186 valence electrons. The van der Waals surface area contributed by atoms with Crippen LogP contribution in [0.2, 0.25) is 0 Å². The number of thioether (sulfide) groups is 1. The number of pyridine rings is 1. The second kappa shape index (κ2) is 12.9. The number of carbonyl (C=O) groups excluding carboxylic acids is 3. The van der Waals surface area contributed by atoms with Crippen molar-refractivity contribution in [2.24, 2.45) is 0 Å². The monoisotopic (exact) mass is 481 g/mol. The van der Waals surface area contributed by atoms with Crippen molar-refractivity contribution in [2.45, 2.75) is 89.9 Å². The van der Waals surface area contributed by atoms with Crippen LogP contribution in [0.25, 0.3) is 0 Å². The van der Waals surface area contributed by atoms with Gasteiger partial charge in [0.2, 0.25) is 0 Å². The summed E-state index contributed by atoms with van der Waals surface area (Å²) in [4.78, 5) is 42.7. The molecule has 8 nitrogen and oxygen atoms in total. The molecule has 1 atom stereocenters. The molecule has 33 heavy (non-hydrogen) atoms. The fourth-order valence-corrected chi connectivity index (χ4v) is 3.87. The van der Waals surface area contributed by atoms with Gasteiger partial charge in [-0.3, -0.25) is 14.6 Å².